The summed E-state index contributed by atoms with van der Waals surface area (Å²) in [5.74, 6) is 2.62. The Bertz CT molecular complexity index is 279. The van der Waals surface area contributed by atoms with Crippen molar-refractivity contribution < 1.29 is 4.74 Å². The van der Waals surface area contributed by atoms with Gasteiger partial charge in [0.05, 0.1) is 0 Å². The molecule has 0 amide bonds. The first-order valence-electron chi connectivity index (χ1n) is 5.36. The molecular formula is C10H17N3O. The molecular weight excluding hydrogens is 178 g/mol. The van der Waals surface area contributed by atoms with Crippen LogP contribution in [0.1, 0.15) is 31.4 Å². The summed E-state index contributed by atoms with van der Waals surface area (Å²) < 4.78 is 5.43. The van der Waals surface area contributed by atoms with Gasteiger partial charge in [-0.2, -0.15) is 0 Å². The minimum Gasteiger partial charge on any atom is -0.381 e. The lowest BCUT2D eigenvalue weighted by Gasteiger charge is -2.20. The van der Waals surface area contributed by atoms with Gasteiger partial charge in [-0.3, -0.25) is 0 Å². The fourth-order valence-corrected chi connectivity index (χ4v) is 1.83. The fourth-order valence-electron chi connectivity index (χ4n) is 1.83. The summed E-state index contributed by atoms with van der Waals surface area (Å²) in [6, 6.07) is 0. The molecule has 0 aromatic carbocycles. The molecule has 0 spiro atoms. The first kappa shape index (κ1) is 9.65. The quantitative estimate of drug-likeness (QED) is 0.791. The second-order valence-electron chi connectivity index (χ2n) is 3.86. The monoisotopic (exact) mass is 195 g/mol. The molecule has 78 valence electrons. The number of ether oxygens (including phenoxy) is 1. The normalized spacial score (nSPS) is 22.5. The van der Waals surface area contributed by atoms with Gasteiger partial charge in [0.25, 0.3) is 0 Å². The number of aromatic nitrogens is 3. The molecule has 1 unspecified atom stereocenters. The highest BCUT2D eigenvalue weighted by molar-refractivity contribution is 4.91. The highest BCUT2D eigenvalue weighted by Crippen LogP contribution is 2.16. The van der Waals surface area contributed by atoms with Crippen LogP contribution in [-0.4, -0.2) is 28.4 Å². The van der Waals surface area contributed by atoms with Gasteiger partial charge in [-0.05, 0) is 18.8 Å². The lowest BCUT2D eigenvalue weighted by molar-refractivity contribution is 0.0543. The molecule has 1 N–H and O–H groups in total. The lowest BCUT2D eigenvalue weighted by atomic mass is 9.98. The number of hydrogen-bond donors (Lipinski definition) is 1. The van der Waals surface area contributed by atoms with Gasteiger partial charge in [0.2, 0.25) is 0 Å². The maximum Gasteiger partial charge on any atom is 0.130 e. The van der Waals surface area contributed by atoms with Gasteiger partial charge in [0.1, 0.15) is 11.6 Å². The molecule has 0 bridgehead atoms. The molecule has 2 rings (SSSR count). The number of hydrogen-bond acceptors (Lipinski definition) is 3. The van der Waals surface area contributed by atoms with Gasteiger partial charge in [-0.15, -0.1) is 10.2 Å². The fraction of sp³-hybridized carbons (Fsp3) is 0.800. The molecule has 0 saturated carbocycles. The summed E-state index contributed by atoms with van der Waals surface area (Å²) in [6.07, 6.45) is 4.34. The van der Waals surface area contributed by atoms with E-state index in [2.05, 4.69) is 22.1 Å². The van der Waals surface area contributed by atoms with Crippen molar-refractivity contribution in [1.82, 2.24) is 15.2 Å². The summed E-state index contributed by atoms with van der Waals surface area (Å²) >= 11 is 0. The van der Waals surface area contributed by atoms with Crippen molar-refractivity contribution in [1.29, 1.82) is 0 Å². The Labute approximate surface area is 84.1 Å². The summed E-state index contributed by atoms with van der Waals surface area (Å²) in [6.45, 7) is 3.88. The van der Waals surface area contributed by atoms with E-state index in [4.69, 9.17) is 4.74 Å². The molecule has 4 heteroatoms. The van der Waals surface area contributed by atoms with Crippen molar-refractivity contribution in [3.63, 3.8) is 0 Å². The highest BCUT2D eigenvalue weighted by Gasteiger charge is 2.16. The first-order valence-corrected chi connectivity index (χ1v) is 5.36. The summed E-state index contributed by atoms with van der Waals surface area (Å²) in [7, 11) is 0. The predicted molar refractivity (Wildman–Crippen MR) is 53.0 cm³/mol. The highest BCUT2D eigenvalue weighted by atomic mass is 16.5. The molecule has 0 aliphatic carbocycles. The predicted octanol–water partition coefficient (Wildman–Crippen LogP) is 1.34. The van der Waals surface area contributed by atoms with Crippen molar-refractivity contribution in [3.05, 3.63) is 11.6 Å². The summed E-state index contributed by atoms with van der Waals surface area (Å²) in [5, 5.41) is 8.17. The maximum absolute atomic E-state index is 5.43. The van der Waals surface area contributed by atoms with Crippen LogP contribution in [0, 0.1) is 5.92 Å². The van der Waals surface area contributed by atoms with E-state index in [0.29, 0.717) is 5.92 Å². The minimum absolute atomic E-state index is 0.626. The van der Waals surface area contributed by atoms with E-state index in [9.17, 15) is 0 Å². The zero-order chi connectivity index (χ0) is 9.80. The van der Waals surface area contributed by atoms with Crippen molar-refractivity contribution in [2.24, 2.45) is 5.92 Å². The summed E-state index contributed by atoms with van der Waals surface area (Å²) in [5.41, 5.74) is 0. The van der Waals surface area contributed by atoms with Crippen LogP contribution in [0.2, 0.25) is 0 Å². The molecule has 1 atom stereocenters. The molecule has 1 aromatic rings. The van der Waals surface area contributed by atoms with Gasteiger partial charge in [0.15, 0.2) is 0 Å². The van der Waals surface area contributed by atoms with Crippen molar-refractivity contribution in [3.8, 4) is 0 Å². The van der Waals surface area contributed by atoms with E-state index in [1.54, 1.807) is 0 Å². The Hall–Kier alpha value is -0.900. The maximum atomic E-state index is 5.43. The van der Waals surface area contributed by atoms with Crippen LogP contribution in [0.3, 0.4) is 0 Å². The standard InChI is InChI=1S/C10H17N3O/c1-2-9-11-10(13-12-9)6-8-4-3-5-14-7-8/h8H,2-7H2,1H3,(H,11,12,13). The molecule has 1 aliphatic heterocycles. The van der Waals surface area contributed by atoms with Crippen LogP contribution in [0.5, 0.6) is 0 Å². The first-order chi connectivity index (χ1) is 6.88. The van der Waals surface area contributed by atoms with E-state index >= 15 is 0 Å². The molecule has 14 heavy (non-hydrogen) atoms. The Kier molecular flexibility index (Phi) is 3.14. The van der Waals surface area contributed by atoms with Crippen LogP contribution in [0.15, 0.2) is 0 Å². The number of rotatable bonds is 3. The third kappa shape index (κ3) is 2.32. The molecule has 1 fully saturated rings. The van der Waals surface area contributed by atoms with Gasteiger partial charge in [-0.25, -0.2) is 0 Å². The van der Waals surface area contributed by atoms with Gasteiger partial charge >= 0.3 is 0 Å². The van der Waals surface area contributed by atoms with Crippen LogP contribution >= 0.6 is 0 Å². The second kappa shape index (κ2) is 4.55. The van der Waals surface area contributed by atoms with E-state index < -0.39 is 0 Å². The number of nitrogens with zero attached hydrogens (tertiary/aromatic N) is 2. The number of H-pyrrole nitrogens is 1. The van der Waals surface area contributed by atoms with Crippen LogP contribution in [0.4, 0.5) is 0 Å². The third-order valence-electron chi connectivity index (χ3n) is 2.65. The largest absolute Gasteiger partial charge is 0.381 e. The average Bonchev–Trinajstić information content (AvgIpc) is 2.67. The zero-order valence-corrected chi connectivity index (χ0v) is 8.62. The van der Waals surface area contributed by atoms with Crippen LogP contribution < -0.4 is 0 Å². The molecule has 1 aliphatic rings. The van der Waals surface area contributed by atoms with Crippen molar-refractivity contribution in [2.75, 3.05) is 13.2 Å². The number of aromatic amines is 1. The smallest absolute Gasteiger partial charge is 0.130 e. The third-order valence-corrected chi connectivity index (χ3v) is 2.65. The molecule has 2 heterocycles. The Morgan fingerprint density at radius 1 is 1.43 bits per heavy atom. The van der Waals surface area contributed by atoms with Crippen molar-refractivity contribution >= 4 is 0 Å². The Morgan fingerprint density at radius 3 is 2.93 bits per heavy atom. The van der Waals surface area contributed by atoms with Gasteiger partial charge in [0, 0.05) is 26.1 Å². The van der Waals surface area contributed by atoms with Crippen molar-refractivity contribution in [2.45, 2.75) is 32.6 Å². The van der Waals surface area contributed by atoms with E-state index in [1.165, 1.54) is 12.8 Å². The Balaban J connectivity index is 1.89. The average molecular weight is 195 g/mol. The van der Waals surface area contributed by atoms with Crippen LogP contribution in [0.25, 0.3) is 0 Å². The second-order valence-corrected chi connectivity index (χ2v) is 3.86. The molecule has 4 nitrogen and oxygen atoms in total. The minimum atomic E-state index is 0.626. The van der Waals surface area contributed by atoms with E-state index in [1.807, 2.05) is 0 Å². The number of nitrogens with one attached hydrogen (secondary N) is 1. The Morgan fingerprint density at radius 2 is 2.29 bits per heavy atom. The SMILES string of the molecule is CCc1nnc(CC2CCCOC2)[nH]1. The lowest BCUT2D eigenvalue weighted by Crippen LogP contribution is -2.19. The molecule has 0 radical (unpaired) electrons. The van der Waals surface area contributed by atoms with Crippen LogP contribution in [-0.2, 0) is 17.6 Å². The summed E-state index contributed by atoms with van der Waals surface area (Å²) in [4.78, 5) is 3.23. The van der Waals surface area contributed by atoms with E-state index in [0.717, 1.165) is 37.7 Å². The molecule has 1 aromatic heterocycles. The topological polar surface area (TPSA) is 50.8 Å². The van der Waals surface area contributed by atoms with E-state index in [-0.39, 0.29) is 0 Å². The number of aryl methyl sites for hydroxylation is 1. The zero-order valence-electron chi connectivity index (χ0n) is 8.62. The van der Waals surface area contributed by atoms with Gasteiger partial charge in [-0.1, -0.05) is 6.92 Å². The van der Waals surface area contributed by atoms with Gasteiger partial charge < -0.3 is 9.72 Å². The molecule has 1 saturated heterocycles.